The van der Waals surface area contributed by atoms with Gasteiger partial charge in [0.2, 0.25) is 5.91 Å². The van der Waals surface area contributed by atoms with E-state index in [9.17, 15) is 9.59 Å². The van der Waals surface area contributed by atoms with Gasteiger partial charge in [0.05, 0.1) is 11.1 Å². The molecule has 1 aliphatic carbocycles. The van der Waals surface area contributed by atoms with E-state index >= 15 is 0 Å². The number of hydrogen-bond acceptors (Lipinski definition) is 5. The summed E-state index contributed by atoms with van der Waals surface area (Å²) in [7, 11) is 0. The molecule has 0 unspecified atom stereocenters. The van der Waals surface area contributed by atoms with Crippen molar-refractivity contribution in [3.8, 4) is 0 Å². The smallest absolute Gasteiger partial charge is 0.263 e. The highest BCUT2D eigenvalue weighted by atomic mass is 32.2. The molecule has 2 heterocycles. The summed E-state index contributed by atoms with van der Waals surface area (Å²) in [6.45, 7) is 13.1. The third kappa shape index (κ3) is 4.14. The van der Waals surface area contributed by atoms with Crippen molar-refractivity contribution in [2.45, 2.75) is 58.7 Å². The average molecular weight is 406 g/mol. The molecule has 2 N–H and O–H groups in total. The molecular weight excluding hydrogens is 378 g/mol. The van der Waals surface area contributed by atoms with Crippen LogP contribution in [0.3, 0.4) is 0 Å². The van der Waals surface area contributed by atoms with E-state index in [0.717, 1.165) is 35.1 Å². The molecule has 7 heteroatoms. The minimum atomic E-state index is -0.422. The minimum absolute atomic E-state index is 0.0262. The SMILES string of the molecule is C=C(C)Cn1c(SCC(N)=O)nc2sc3c(c2c1=O)CC[C@H](C(C)(C)C)C3. The molecule has 0 spiro atoms. The van der Waals surface area contributed by atoms with Crippen molar-refractivity contribution in [3.05, 3.63) is 32.9 Å². The average Bonchev–Trinajstić information content (AvgIpc) is 2.92. The van der Waals surface area contributed by atoms with Gasteiger partial charge in [-0.15, -0.1) is 11.3 Å². The zero-order chi connectivity index (χ0) is 19.9. The maximum absolute atomic E-state index is 13.3. The highest BCUT2D eigenvalue weighted by Crippen LogP contribution is 2.42. The van der Waals surface area contributed by atoms with Crippen LogP contribution in [0.2, 0.25) is 0 Å². The lowest BCUT2D eigenvalue weighted by Crippen LogP contribution is -2.27. The molecule has 3 rings (SSSR count). The largest absolute Gasteiger partial charge is 0.369 e. The molecule has 0 fully saturated rings. The van der Waals surface area contributed by atoms with E-state index in [1.54, 1.807) is 15.9 Å². The van der Waals surface area contributed by atoms with Crippen LogP contribution in [-0.2, 0) is 24.2 Å². The number of hydrogen-bond donors (Lipinski definition) is 1. The van der Waals surface area contributed by atoms with Gasteiger partial charge in [0.1, 0.15) is 4.83 Å². The Labute approximate surface area is 168 Å². The van der Waals surface area contributed by atoms with Crippen molar-refractivity contribution >= 4 is 39.2 Å². The van der Waals surface area contributed by atoms with E-state index in [2.05, 4.69) is 27.4 Å². The normalized spacial score (nSPS) is 17.1. The molecule has 0 aliphatic heterocycles. The van der Waals surface area contributed by atoms with E-state index in [0.29, 0.717) is 17.6 Å². The number of primary amides is 1. The van der Waals surface area contributed by atoms with Gasteiger partial charge in [-0.2, -0.15) is 0 Å². The summed E-state index contributed by atoms with van der Waals surface area (Å²) >= 11 is 2.85. The fourth-order valence-corrected chi connectivity index (χ4v) is 5.71. The molecule has 0 saturated carbocycles. The number of rotatable bonds is 5. The minimum Gasteiger partial charge on any atom is -0.369 e. The fraction of sp³-hybridized carbons (Fsp3) is 0.550. The summed E-state index contributed by atoms with van der Waals surface area (Å²) in [5.41, 5.74) is 7.56. The van der Waals surface area contributed by atoms with Gasteiger partial charge in [-0.25, -0.2) is 4.98 Å². The van der Waals surface area contributed by atoms with Crippen molar-refractivity contribution in [3.63, 3.8) is 0 Å². The number of allylic oxidation sites excluding steroid dienone is 1. The fourth-order valence-electron chi connectivity index (χ4n) is 3.63. The van der Waals surface area contributed by atoms with Gasteiger partial charge in [-0.05, 0) is 43.1 Å². The monoisotopic (exact) mass is 405 g/mol. The Morgan fingerprint density at radius 2 is 2.15 bits per heavy atom. The Bertz CT molecular complexity index is 966. The molecule has 0 radical (unpaired) electrons. The Balaban J connectivity index is 2.12. The van der Waals surface area contributed by atoms with Crippen molar-refractivity contribution in [1.82, 2.24) is 9.55 Å². The van der Waals surface area contributed by atoms with E-state index in [4.69, 9.17) is 10.7 Å². The zero-order valence-corrected chi connectivity index (χ0v) is 18.1. The predicted molar refractivity (Wildman–Crippen MR) is 114 cm³/mol. The van der Waals surface area contributed by atoms with Gasteiger partial charge < -0.3 is 5.73 Å². The summed E-state index contributed by atoms with van der Waals surface area (Å²) in [5.74, 6) is 0.292. The number of amides is 1. The first-order chi connectivity index (χ1) is 12.6. The number of aromatic nitrogens is 2. The van der Waals surface area contributed by atoms with Crippen LogP contribution in [0.4, 0.5) is 0 Å². The number of nitrogens with zero attached hydrogens (tertiary/aromatic N) is 2. The van der Waals surface area contributed by atoms with Gasteiger partial charge in [0, 0.05) is 11.4 Å². The van der Waals surface area contributed by atoms with Crippen molar-refractivity contribution in [2.75, 3.05) is 5.75 Å². The number of fused-ring (bicyclic) bond motifs is 3. The van der Waals surface area contributed by atoms with Gasteiger partial charge in [-0.1, -0.05) is 44.7 Å². The van der Waals surface area contributed by atoms with Crippen molar-refractivity contribution in [1.29, 1.82) is 0 Å². The van der Waals surface area contributed by atoms with E-state index in [1.165, 1.54) is 22.2 Å². The molecule has 0 bridgehead atoms. The van der Waals surface area contributed by atoms with Crippen LogP contribution in [-0.4, -0.2) is 21.2 Å². The number of thioether (sulfide) groups is 1. The molecule has 2 aromatic rings. The lowest BCUT2D eigenvalue weighted by atomic mass is 9.72. The van der Waals surface area contributed by atoms with Crippen LogP contribution in [0.25, 0.3) is 10.2 Å². The number of thiophene rings is 1. The van der Waals surface area contributed by atoms with Crippen molar-refractivity contribution < 1.29 is 4.79 Å². The number of carbonyl (C=O) groups is 1. The van der Waals surface area contributed by atoms with Crippen LogP contribution in [0, 0.1) is 11.3 Å². The Hall–Kier alpha value is -1.60. The van der Waals surface area contributed by atoms with Crippen LogP contribution in [0.1, 0.15) is 44.6 Å². The predicted octanol–water partition coefficient (Wildman–Crippen LogP) is 3.76. The van der Waals surface area contributed by atoms with Crippen molar-refractivity contribution in [2.24, 2.45) is 17.1 Å². The summed E-state index contributed by atoms with van der Waals surface area (Å²) < 4.78 is 1.64. The third-order valence-corrected chi connectivity index (χ3v) is 7.28. The Morgan fingerprint density at radius 1 is 1.44 bits per heavy atom. The quantitative estimate of drug-likeness (QED) is 0.467. The first-order valence-electron chi connectivity index (χ1n) is 9.18. The molecule has 1 atom stereocenters. The highest BCUT2D eigenvalue weighted by molar-refractivity contribution is 7.99. The standard InChI is InChI=1S/C20H27N3O2S2/c1-11(2)9-23-18(25)16-13-7-6-12(20(3,4)5)8-14(13)27-17(16)22-19(23)26-10-15(21)24/h12H,1,6-10H2,2-5H3,(H2,21,24)/t12-/m0/s1. The van der Waals surface area contributed by atoms with Gasteiger partial charge in [0.25, 0.3) is 5.56 Å². The summed E-state index contributed by atoms with van der Waals surface area (Å²) in [6.07, 6.45) is 3.03. The maximum Gasteiger partial charge on any atom is 0.263 e. The van der Waals surface area contributed by atoms with E-state index in [-0.39, 0.29) is 16.7 Å². The molecule has 5 nitrogen and oxygen atoms in total. The number of nitrogens with two attached hydrogens (primary N) is 1. The first-order valence-corrected chi connectivity index (χ1v) is 11.0. The topological polar surface area (TPSA) is 78.0 Å². The van der Waals surface area contributed by atoms with Gasteiger partial charge in [-0.3, -0.25) is 14.2 Å². The van der Waals surface area contributed by atoms with Crippen LogP contribution >= 0.6 is 23.1 Å². The molecule has 146 valence electrons. The maximum atomic E-state index is 13.3. The van der Waals surface area contributed by atoms with E-state index < -0.39 is 5.91 Å². The van der Waals surface area contributed by atoms with Gasteiger partial charge >= 0.3 is 0 Å². The molecule has 2 aromatic heterocycles. The lowest BCUT2D eigenvalue weighted by Gasteiger charge is -2.33. The van der Waals surface area contributed by atoms with Gasteiger partial charge in [0.15, 0.2) is 5.16 Å². The highest BCUT2D eigenvalue weighted by Gasteiger charge is 2.32. The van der Waals surface area contributed by atoms with Crippen LogP contribution < -0.4 is 11.3 Å². The molecule has 0 aromatic carbocycles. The summed E-state index contributed by atoms with van der Waals surface area (Å²) in [5, 5.41) is 1.30. The molecule has 1 aliphatic rings. The third-order valence-electron chi connectivity index (χ3n) is 5.13. The molecule has 1 amide bonds. The summed E-state index contributed by atoms with van der Waals surface area (Å²) in [4.78, 5) is 31.3. The summed E-state index contributed by atoms with van der Waals surface area (Å²) in [6, 6.07) is 0. The molecule has 0 saturated heterocycles. The second kappa shape index (κ2) is 7.43. The second-order valence-electron chi connectivity index (χ2n) is 8.49. The van der Waals surface area contributed by atoms with Crippen LogP contribution in [0.15, 0.2) is 22.1 Å². The van der Waals surface area contributed by atoms with Crippen LogP contribution in [0.5, 0.6) is 0 Å². The van der Waals surface area contributed by atoms with E-state index in [1.807, 2.05) is 6.92 Å². The Morgan fingerprint density at radius 3 is 2.74 bits per heavy atom. The first kappa shape index (κ1) is 20.1. The number of carbonyl (C=O) groups excluding carboxylic acids is 1. The molecular formula is C20H27N3O2S2. The number of aryl methyl sites for hydroxylation is 1. The second-order valence-corrected chi connectivity index (χ2v) is 10.5. The Kier molecular flexibility index (Phi) is 5.54. The zero-order valence-electron chi connectivity index (χ0n) is 16.4. The molecule has 27 heavy (non-hydrogen) atoms. The lowest BCUT2D eigenvalue weighted by molar-refractivity contribution is -0.115.